The molecule has 2 aromatic rings. The second kappa shape index (κ2) is 8.92. The smallest absolute Gasteiger partial charge is 0.127 e. The number of halogens is 1. The Balaban J connectivity index is 1.55. The number of hydrogen-bond donors (Lipinski definition) is 1. The van der Waals surface area contributed by atoms with Crippen LogP contribution in [0.1, 0.15) is 11.1 Å². The van der Waals surface area contributed by atoms with Crippen LogP contribution in [0.25, 0.3) is 0 Å². The van der Waals surface area contributed by atoms with Crippen molar-refractivity contribution in [3.8, 4) is 11.5 Å². The quantitative estimate of drug-likeness (QED) is 0.787. The van der Waals surface area contributed by atoms with Crippen LogP contribution in [0, 0.1) is 0 Å². The van der Waals surface area contributed by atoms with E-state index in [-0.39, 0.29) is 0 Å². The van der Waals surface area contributed by atoms with Gasteiger partial charge >= 0.3 is 0 Å². The van der Waals surface area contributed by atoms with E-state index in [9.17, 15) is 0 Å². The molecule has 0 atom stereocenters. The Morgan fingerprint density at radius 1 is 1.08 bits per heavy atom. The van der Waals surface area contributed by atoms with E-state index in [1.165, 1.54) is 5.56 Å². The van der Waals surface area contributed by atoms with Crippen molar-refractivity contribution in [1.29, 1.82) is 0 Å². The maximum absolute atomic E-state index is 5.95. The van der Waals surface area contributed by atoms with Crippen molar-refractivity contribution >= 4 is 17.8 Å². The Labute approximate surface area is 159 Å². The Hall–Kier alpha value is -2.24. The summed E-state index contributed by atoms with van der Waals surface area (Å²) >= 11 is 5.95. The van der Waals surface area contributed by atoms with Gasteiger partial charge in [-0.3, -0.25) is 5.01 Å². The molecule has 0 spiro atoms. The lowest BCUT2D eigenvalue weighted by atomic mass is 10.2. The first kappa shape index (κ1) is 18.5. The molecule has 3 rings (SSSR count). The van der Waals surface area contributed by atoms with Crippen molar-refractivity contribution < 1.29 is 14.4 Å². The van der Waals surface area contributed by atoms with Gasteiger partial charge in [0.2, 0.25) is 0 Å². The fourth-order valence-electron chi connectivity index (χ4n) is 3.08. The van der Waals surface area contributed by atoms with Crippen molar-refractivity contribution in [2.75, 3.05) is 40.4 Å². The van der Waals surface area contributed by atoms with Gasteiger partial charge < -0.3 is 14.4 Å². The van der Waals surface area contributed by atoms with E-state index in [1.807, 2.05) is 36.5 Å². The van der Waals surface area contributed by atoms with Crippen molar-refractivity contribution in [1.82, 2.24) is 5.01 Å². The molecule has 2 aromatic carbocycles. The number of benzene rings is 2. The Morgan fingerprint density at radius 2 is 1.81 bits per heavy atom. The zero-order chi connectivity index (χ0) is 18.4. The highest BCUT2D eigenvalue weighted by atomic mass is 35.5. The average Bonchev–Trinajstić information content (AvgIpc) is 2.69. The van der Waals surface area contributed by atoms with Crippen molar-refractivity contribution in [2.24, 2.45) is 5.10 Å². The molecule has 0 aliphatic carbocycles. The Kier molecular flexibility index (Phi) is 6.36. The fourth-order valence-corrected chi connectivity index (χ4v) is 3.20. The molecule has 1 aliphatic heterocycles. The first-order valence-corrected chi connectivity index (χ1v) is 9.14. The fraction of sp³-hybridized carbons (Fsp3) is 0.350. The molecular formula is C20H25ClN3O2+. The summed E-state index contributed by atoms with van der Waals surface area (Å²) in [6.45, 7) is 5.03. The molecule has 1 aliphatic rings. The van der Waals surface area contributed by atoms with Gasteiger partial charge in [-0.1, -0.05) is 23.7 Å². The number of piperazine rings is 1. The van der Waals surface area contributed by atoms with Gasteiger partial charge in [0.15, 0.2) is 0 Å². The molecule has 1 heterocycles. The molecule has 6 heteroatoms. The van der Waals surface area contributed by atoms with Crippen LogP contribution in [0.5, 0.6) is 11.5 Å². The predicted molar refractivity (Wildman–Crippen MR) is 105 cm³/mol. The lowest BCUT2D eigenvalue weighted by Crippen LogP contribution is -3.13. The van der Waals surface area contributed by atoms with Gasteiger partial charge in [0.05, 0.1) is 46.6 Å². The summed E-state index contributed by atoms with van der Waals surface area (Å²) in [6, 6.07) is 13.8. The summed E-state index contributed by atoms with van der Waals surface area (Å²) in [5.74, 6) is 1.59. The Bertz CT molecular complexity index is 741. The van der Waals surface area contributed by atoms with E-state index in [0.717, 1.165) is 54.8 Å². The largest absolute Gasteiger partial charge is 0.497 e. The molecule has 0 aromatic heterocycles. The van der Waals surface area contributed by atoms with Gasteiger partial charge in [0, 0.05) is 16.1 Å². The van der Waals surface area contributed by atoms with Crippen LogP contribution < -0.4 is 14.4 Å². The molecule has 0 amide bonds. The van der Waals surface area contributed by atoms with Gasteiger partial charge in [0.25, 0.3) is 0 Å². The standard InChI is InChI=1S/C20H24ClN3O2/c1-25-19-7-8-20(26-2)17(13-19)14-22-24-11-9-23(10-12-24)15-16-3-5-18(21)6-4-16/h3-8,13-14H,9-12,15H2,1-2H3/p+1. The lowest BCUT2D eigenvalue weighted by molar-refractivity contribution is -0.918. The summed E-state index contributed by atoms with van der Waals surface area (Å²) in [4.78, 5) is 1.57. The van der Waals surface area contributed by atoms with E-state index in [2.05, 4.69) is 22.2 Å². The molecule has 138 valence electrons. The van der Waals surface area contributed by atoms with Crippen molar-refractivity contribution in [3.05, 3.63) is 58.6 Å². The van der Waals surface area contributed by atoms with E-state index < -0.39 is 0 Å². The monoisotopic (exact) mass is 374 g/mol. The zero-order valence-electron chi connectivity index (χ0n) is 15.2. The number of ether oxygens (including phenoxy) is 2. The van der Waals surface area contributed by atoms with Gasteiger partial charge in [-0.25, -0.2) is 0 Å². The van der Waals surface area contributed by atoms with Crippen LogP contribution >= 0.6 is 11.6 Å². The SMILES string of the molecule is COc1ccc(OC)c(C=NN2CC[NH+](Cc3ccc(Cl)cc3)CC2)c1. The molecule has 26 heavy (non-hydrogen) atoms. The summed E-state index contributed by atoms with van der Waals surface area (Å²) in [5.41, 5.74) is 2.24. The maximum atomic E-state index is 5.95. The van der Waals surface area contributed by atoms with Crippen molar-refractivity contribution in [3.63, 3.8) is 0 Å². The molecule has 1 N–H and O–H groups in total. The number of hydrogen-bond acceptors (Lipinski definition) is 4. The van der Waals surface area contributed by atoms with E-state index in [1.54, 1.807) is 19.1 Å². The van der Waals surface area contributed by atoms with E-state index in [4.69, 9.17) is 21.1 Å². The van der Waals surface area contributed by atoms with Gasteiger partial charge in [-0.05, 0) is 30.3 Å². The number of methoxy groups -OCH3 is 2. The molecule has 1 fully saturated rings. The number of nitrogens with one attached hydrogen (secondary N) is 1. The van der Waals surface area contributed by atoms with Crippen LogP contribution in [-0.4, -0.2) is 51.6 Å². The van der Waals surface area contributed by atoms with Crippen LogP contribution in [0.3, 0.4) is 0 Å². The Morgan fingerprint density at radius 3 is 2.46 bits per heavy atom. The van der Waals surface area contributed by atoms with Gasteiger partial charge in [0.1, 0.15) is 18.0 Å². The normalized spacial score (nSPS) is 15.4. The molecule has 1 saturated heterocycles. The topological polar surface area (TPSA) is 38.5 Å². The summed E-state index contributed by atoms with van der Waals surface area (Å²) in [6.07, 6.45) is 1.85. The summed E-state index contributed by atoms with van der Waals surface area (Å²) in [5, 5.41) is 7.54. The van der Waals surface area contributed by atoms with Crippen LogP contribution in [-0.2, 0) is 6.54 Å². The third kappa shape index (κ3) is 4.90. The first-order chi connectivity index (χ1) is 12.7. The second-order valence-corrected chi connectivity index (χ2v) is 6.80. The molecule has 0 saturated carbocycles. The van der Waals surface area contributed by atoms with Crippen LogP contribution in [0.2, 0.25) is 5.02 Å². The van der Waals surface area contributed by atoms with E-state index >= 15 is 0 Å². The number of rotatable bonds is 6. The molecule has 5 nitrogen and oxygen atoms in total. The molecular weight excluding hydrogens is 350 g/mol. The number of nitrogens with zero attached hydrogens (tertiary/aromatic N) is 2. The second-order valence-electron chi connectivity index (χ2n) is 6.36. The minimum absolute atomic E-state index is 0.788. The van der Waals surface area contributed by atoms with Crippen LogP contribution in [0.4, 0.5) is 0 Å². The lowest BCUT2D eigenvalue weighted by Gasteiger charge is -2.30. The molecule has 0 bridgehead atoms. The van der Waals surface area contributed by atoms with Crippen molar-refractivity contribution in [2.45, 2.75) is 6.54 Å². The highest BCUT2D eigenvalue weighted by molar-refractivity contribution is 6.30. The van der Waals surface area contributed by atoms with E-state index in [0.29, 0.717) is 0 Å². The predicted octanol–water partition coefficient (Wildman–Crippen LogP) is 2.09. The zero-order valence-corrected chi connectivity index (χ0v) is 16.0. The maximum Gasteiger partial charge on any atom is 0.127 e. The number of hydrazone groups is 1. The average molecular weight is 375 g/mol. The minimum Gasteiger partial charge on any atom is -0.497 e. The third-order valence-corrected chi connectivity index (χ3v) is 4.86. The third-order valence-electron chi connectivity index (χ3n) is 4.61. The van der Waals surface area contributed by atoms with Gasteiger partial charge in [-0.15, -0.1) is 0 Å². The van der Waals surface area contributed by atoms with Gasteiger partial charge in [-0.2, -0.15) is 5.10 Å². The van der Waals surface area contributed by atoms with Crippen LogP contribution in [0.15, 0.2) is 47.6 Å². The first-order valence-electron chi connectivity index (χ1n) is 8.77. The highest BCUT2D eigenvalue weighted by Gasteiger charge is 2.18. The molecule has 0 radical (unpaired) electrons. The highest BCUT2D eigenvalue weighted by Crippen LogP contribution is 2.22. The molecule has 0 unspecified atom stereocenters. The summed E-state index contributed by atoms with van der Waals surface area (Å²) < 4.78 is 10.7. The summed E-state index contributed by atoms with van der Waals surface area (Å²) in [7, 11) is 3.32. The number of quaternary nitrogens is 1. The minimum atomic E-state index is 0.788.